The minimum atomic E-state index is -0.921. The van der Waals surface area contributed by atoms with Crippen LogP contribution in [0.15, 0.2) is 0 Å². The lowest BCUT2D eigenvalue weighted by Gasteiger charge is -2.36. The average molecular weight is 400 g/mol. The molecule has 0 aromatic heterocycles. The molecule has 0 bridgehead atoms. The summed E-state index contributed by atoms with van der Waals surface area (Å²) in [5.41, 5.74) is -3.22. The lowest BCUT2D eigenvalue weighted by molar-refractivity contribution is -0.159. The van der Waals surface area contributed by atoms with E-state index >= 15 is 0 Å². The van der Waals surface area contributed by atoms with Gasteiger partial charge < -0.3 is 20.4 Å². The van der Waals surface area contributed by atoms with E-state index in [9.17, 15) is 19.2 Å². The van der Waals surface area contributed by atoms with E-state index in [0.717, 1.165) is 0 Å². The molecule has 8 heteroatoms. The van der Waals surface area contributed by atoms with E-state index in [0.29, 0.717) is 25.7 Å². The molecule has 2 aliphatic carbocycles. The Hall–Kier alpha value is -2.12. The molecule has 0 unspecified atom stereocenters. The summed E-state index contributed by atoms with van der Waals surface area (Å²) < 4.78 is 0. The quantitative estimate of drug-likeness (QED) is 0.562. The molecule has 0 aromatic rings. The molecule has 0 aromatic carbocycles. The van der Waals surface area contributed by atoms with Crippen LogP contribution in [0.2, 0.25) is 0 Å². The first-order valence-corrected chi connectivity index (χ1v) is 9.39. The summed E-state index contributed by atoms with van der Waals surface area (Å²) in [4.78, 5) is 44.1. The number of carboxylic acids is 4. The third-order valence-corrected chi connectivity index (χ3v) is 7.99. The number of hydrogen-bond donors (Lipinski definition) is 4. The molecule has 8 nitrogen and oxygen atoms in total. The average Bonchev–Trinajstić information content (AvgIpc) is 2.92. The molecule has 2 saturated carbocycles. The molecule has 0 saturated heterocycles. The normalized spacial score (nSPS) is 35.5. The molecular formula is C20H32O8. The summed E-state index contributed by atoms with van der Waals surface area (Å²) in [6.07, 6.45) is 1.77. The van der Waals surface area contributed by atoms with Gasteiger partial charge in [0.25, 0.3) is 0 Å². The Labute approximate surface area is 164 Å². The molecule has 0 spiro atoms. The molecule has 28 heavy (non-hydrogen) atoms. The minimum absolute atomic E-state index is 0.437. The predicted octanol–water partition coefficient (Wildman–Crippen LogP) is 3.20. The maximum atomic E-state index is 11.1. The van der Waals surface area contributed by atoms with Crippen molar-refractivity contribution >= 4 is 23.9 Å². The molecule has 160 valence electrons. The van der Waals surface area contributed by atoms with Crippen molar-refractivity contribution in [3.63, 3.8) is 0 Å². The van der Waals surface area contributed by atoms with Gasteiger partial charge in [0.1, 0.15) is 0 Å². The lowest BCUT2D eigenvalue weighted by atomic mass is 9.66. The standard InChI is InChI=1S/2C10H16O4/c2*1-9(2)6(7(11)12)4-5-10(9,3)8(13)14/h2*6H,4-5H2,1-3H3,(H,11,12)(H,13,14)/t2*6-,10+/m00/s1. The molecule has 0 heterocycles. The first-order valence-electron chi connectivity index (χ1n) is 9.39. The predicted molar refractivity (Wildman–Crippen MR) is 99.8 cm³/mol. The monoisotopic (exact) mass is 400 g/mol. The van der Waals surface area contributed by atoms with Gasteiger partial charge in [0.2, 0.25) is 0 Å². The third-order valence-electron chi connectivity index (χ3n) is 7.99. The van der Waals surface area contributed by atoms with Gasteiger partial charge >= 0.3 is 23.9 Å². The second-order valence-electron chi connectivity index (χ2n) is 9.58. The molecule has 0 aliphatic heterocycles. The largest absolute Gasteiger partial charge is 0.481 e. The highest BCUT2D eigenvalue weighted by Crippen LogP contribution is 2.57. The third kappa shape index (κ3) is 3.49. The first kappa shape index (κ1) is 23.9. The van der Waals surface area contributed by atoms with Gasteiger partial charge in [-0.15, -0.1) is 0 Å². The zero-order valence-corrected chi connectivity index (χ0v) is 17.4. The molecule has 2 fully saturated rings. The van der Waals surface area contributed by atoms with Crippen LogP contribution in [0.4, 0.5) is 0 Å². The Morgan fingerprint density at radius 3 is 0.964 bits per heavy atom. The SMILES string of the molecule is CC1(C)[C@H](C(=O)O)CC[C@]1(C)C(=O)O.CC1(C)[C@H](C(=O)O)CC[C@]1(C)C(=O)O. The van der Waals surface area contributed by atoms with E-state index in [4.69, 9.17) is 20.4 Å². The van der Waals surface area contributed by atoms with Crippen LogP contribution in [0.3, 0.4) is 0 Å². The fourth-order valence-electron chi connectivity index (χ4n) is 4.63. The van der Waals surface area contributed by atoms with E-state index < -0.39 is 57.4 Å². The van der Waals surface area contributed by atoms with Gasteiger partial charge in [-0.25, -0.2) is 0 Å². The summed E-state index contributed by atoms with van der Waals surface area (Å²) >= 11 is 0. The molecule has 2 rings (SSSR count). The maximum absolute atomic E-state index is 11.1. The number of aliphatic carboxylic acids is 4. The Morgan fingerprint density at radius 1 is 0.607 bits per heavy atom. The Kier molecular flexibility index (Phi) is 6.29. The van der Waals surface area contributed by atoms with Crippen LogP contribution >= 0.6 is 0 Å². The highest BCUT2D eigenvalue weighted by molar-refractivity contribution is 5.80. The first-order chi connectivity index (χ1) is 12.5. The highest BCUT2D eigenvalue weighted by Gasteiger charge is 2.59. The lowest BCUT2D eigenvalue weighted by Crippen LogP contribution is -2.42. The van der Waals surface area contributed by atoms with E-state index in [1.54, 1.807) is 41.5 Å². The van der Waals surface area contributed by atoms with E-state index in [-0.39, 0.29) is 0 Å². The molecule has 0 radical (unpaired) electrons. The van der Waals surface area contributed by atoms with E-state index in [1.807, 2.05) is 0 Å². The summed E-state index contributed by atoms with van der Waals surface area (Å²) in [5, 5.41) is 36.2. The smallest absolute Gasteiger partial charge is 0.309 e. The van der Waals surface area contributed by atoms with Gasteiger partial charge in [0.05, 0.1) is 22.7 Å². The summed E-state index contributed by atoms with van der Waals surface area (Å²) in [6, 6.07) is 0. The van der Waals surface area contributed by atoms with Crippen molar-refractivity contribution in [2.24, 2.45) is 33.5 Å². The minimum Gasteiger partial charge on any atom is -0.481 e. The second kappa shape index (κ2) is 7.37. The van der Waals surface area contributed by atoms with Crippen LogP contribution in [0, 0.1) is 33.5 Å². The Balaban J connectivity index is 0.000000280. The van der Waals surface area contributed by atoms with Gasteiger partial charge in [0.15, 0.2) is 0 Å². The van der Waals surface area contributed by atoms with E-state index in [1.165, 1.54) is 0 Å². The summed E-state index contributed by atoms with van der Waals surface area (Å²) in [5.74, 6) is -4.68. The van der Waals surface area contributed by atoms with Crippen LogP contribution in [0.1, 0.15) is 67.2 Å². The topological polar surface area (TPSA) is 149 Å². The second-order valence-corrected chi connectivity index (χ2v) is 9.58. The zero-order valence-electron chi connectivity index (χ0n) is 17.4. The van der Waals surface area contributed by atoms with Crippen molar-refractivity contribution < 1.29 is 39.6 Å². The van der Waals surface area contributed by atoms with Crippen molar-refractivity contribution in [3.8, 4) is 0 Å². The zero-order chi connectivity index (χ0) is 22.3. The number of rotatable bonds is 4. The van der Waals surface area contributed by atoms with Gasteiger partial charge in [0, 0.05) is 0 Å². The van der Waals surface area contributed by atoms with E-state index in [2.05, 4.69) is 0 Å². The molecule has 4 N–H and O–H groups in total. The molecular weight excluding hydrogens is 368 g/mol. The van der Waals surface area contributed by atoms with Gasteiger partial charge in [-0.05, 0) is 50.4 Å². The highest BCUT2D eigenvalue weighted by atomic mass is 16.4. The van der Waals surface area contributed by atoms with Gasteiger partial charge in [-0.2, -0.15) is 0 Å². The van der Waals surface area contributed by atoms with Gasteiger partial charge in [-0.1, -0.05) is 27.7 Å². The van der Waals surface area contributed by atoms with Crippen LogP contribution in [-0.4, -0.2) is 44.3 Å². The van der Waals surface area contributed by atoms with Crippen molar-refractivity contribution in [2.75, 3.05) is 0 Å². The van der Waals surface area contributed by atoms with Crippen LogP contribution in [0.25, 0.3) is 0 Å². The van der Waals surface area contributed by atoms with Crippen LogP contribution in [-0.2, 0) is 19.2 Å². The number of hydrogen-bond acceptors (Lipinski definition) is 4. The molecule has 2 aliphatic rings. The summed E-state index contributed by atoms with van der Waals surface area (Å²) in [7, 11) is 0. The van der Waals surface area contributed by atoms with Crippen molar-refractivity contribution in [1.82, 2.24) is 0 Å². The van der Waals surface area contributed by atoms with Gasteiger partial charge in [-0.3, -0.25) is 19.2 Å². The molecule has 0 amide bonds. The Bertz CT molecular complexity index is 622. The Morgan fingerprint density at radius 2 is 0.857 bits per heavy atom. The maximum Gasteiger partial charge on any atom is 0.309 e. The van der Waals surface area contributed by atoms with Crippen molar-refractivity contribution in [3.05, 3.63) is 0 Å². The fourth-order valence-corrected chi connectivity index (χ4v) is 4.63. The van der Waals surface area contributed by atoms with Crippen molar-refractivity contribution in [1.29, 1.82) is 0 Å². The fraction of sp³-hybridized carbons (Fsp3) is 0.800. The van der Waals surface area contributed by atoms with Crippen molar-refractivity contribution in [2.45, 2.75) is 67.2 Å². The number of carbonyl (C=O) groups is 4. The summed E-state index contributed by atoms with van der Waals surface area (Å²) in [6.45, 7) is 10.2. The van der Waals surface area contributed by atoms with Crippen LogP contribution in [0.5, 0.6) is 0 Å². The number of carboxylic acid groups (broad SMARTS) is 4. The van der Waals surface area contributed by atoms with Crippen LogP contribution < -0.4 is 0 Å². The molecule has 4 atom stereocenters.